The predicted molar refractivity (Wildman–Crippen MR) is 29.2 cm³/mol. The van der Waals surface area contributed by atoms with Gasteiger partial charge in [0, 0.05) is 0 Å². The SMILES string of the molecule is [Bi+3].[Bi+3].[O]=[Zr]([O-])[O-].[O]=[Zr]([O-])[O-].[O]=[Zr]([O-])[O-].[O]=[Zr]([O-])[O-].[O]=[Zr]([O-])[O-].[O]=[Zr]([O-])[O-].[O]=[Zr]([O-])[O-].[O]=[Zr]([O-])[O-].[O]=[Zr]([O-])[O-].[Sr+2].[Sr+2].[Ti+4].[Ti+4]. The van der Waals surface area contributed by atoms with E-state index in [4.69, 9.17) is 82.6 Å². The van der Waals surface area contributed by atoms with Crippen LogP contribution < -0.4 is 57.3 Å². The molecule has 0 N–H and O–H groups in total. The fourth-order valence-electron chi connectivity index (χ4n) is 0. The maximum absolute atomic E-state index is 8.61. The van der Waals surface area contributed by atoms with E-state index in [2.05, 4.69) is 0 Å². The first-order valence-electron chi connectivity index (χ1n) is 5.51. The van der Waals surface area contributed by atoms with Gasteiger partial charge < -0.3 is 0 Å². The summed E-state index contributed by atoms with van der Waals surface area (Å²) in [6.07, 6.45) is 0. The van der Waals surface area contributed by atoms with Crippen molar-refractivity contribution in [2.45, 2.75) is 0 Å². The Hall–Kier alpha value is 11.6. The minimum atomic E-state index is -4.29. The van der Waals surface area contributed by atoms with Crippen LogP contribution in [0.1, 0.15) is 0 Å². The Morgan fingerprint density at radius 2 is 0.214 bits per heavy atom. The second-order valence-electron chi connectivity index (χ2n) is 2.25. The van der Waals surface area contributed by atoms with Crippen LogP contribution in [0.5, 0.6) is 0 Å². The third-order valence-electron chi connectivity index (χ3n) is 0. The van der Waals surface area contributed by atoms with Crippen molar-refractivity contribution in [3.63, 3.8) is 0 Å². The molecule has 4 radical (unpaired) electrons. The molecule has 0 aromatic heterocycles. The molecule has 0 spiro atoms. The van der Waals surface area contributed by atoms with Crippen molar-refractivity contribution < 1.29 is 330 Å². The van der Waals surface area contributed by atoms with E-state index in [9.17, 15) is 0 Å². The minimum Gasteiger partial charge on any atom is 2.00 e. The Balaban J connectivity index is -0.0000000148. The van der Waals surface area contributed by atoms with Crippen molar-refractivity contribution in [3.05, 3.63) is 0 Å². The zero-order valence-corrected chi connectivity index (χ0v) is 58.0. The summed E-state index contributed by atoms with van der Waals surface area (Å²) in [6.45, 7) is 0. The van der Waals surface area contributed by atoms with Crippen LogP contribution in [0.2, 0.25) is 0 Å². The van der Waals surface area contributed by atoms with E-state index in [1.807, 2.05) is 0 Å². The van der Waals surface area contributed by atoms with Crippen molar-refractivity contribution in [1.29, 1.82) is 0 Å². The van der Waals surface area contributed by atoms with Gasteiger partial charge in [0.1, 0.15) is 0 Å². The molecule has 0 fully saturated rings. The molecule has 42 heteroatoms. The first-order chi connectivity index (χ1) is 15.6. The van der Waals surface area contributed by atoms with Crippen LogP contribution >= 0.6 is 0 Å². The van der Waals surface area contributed by atoms with Crippen molar-refractivity contribution in [2.75, 3.05) is 0 Å². The summed E-state index contributed by atoms with van der Waals surface area (Å²) in [5.74, 6) is 0. The molecule has 0 aliphatic rings. The van der Waals surface area contributed by atoms with E-state index in [-0.39, 0.29) is 187 Å². The molecule has 0 bridgehead atoms. The molecular formula is Bi2O27Sr2Ti2Zr9. The van der Waals surface area contributed by atoms with Crippen molar-refractivity contribution in [3.8, 4) is 0 Å². The maximum atomic E-state index is 8.61. The molecule has 0 atom stereocenters. The number of hydrogen-bond acceptors (Lipinski definition) is 27. The summed E-state index contributed by atoms with van der Waals surface area (Å²) in [5.41, 5.74) is 0. The molecule has 0 unspecified atom stereocenters. The third kappa shape index (κ3) is 984. The molecule has 0 saturated heterocycles. The summed E-state index contributed by atoms with van der Waals surface area (Å²) >= 11 is -38.6. The molecule has 0 aromatic rings. The average molecular weight is 1940 g/mol. The van der Waals surface area contributed by atoms with Gasteiger partial charge in [0.25, 0.3) is 0 Å². The zero-order chi connectivity index (χ0) is 32.2. The van der Waals surface area contributed by atoms with E-state index >= 15 is 0 Å². The van der Waals surface area contributed by atoms with Crippen LogP contribution in [0, 0.1) is 0 Å². The summed E-state index contributed by atoms with van der Waals surface area (Å²) in [6, 6.07) is 0. The minimum absolute atomic E-state index is 0. The van der Waals surface area contributed by atoms with Gasteiger partial charge in [0.05, 0.1) is 0 Å². The fourth-order valence-corrected chi connectivity index (χ4v) is 0. The molecule has 42 heavy (non-hydrogen) atoms. The van der Waals surface area contributed by atoms with Crippen LogP contribution in [0.4, 0.5) is 0 Å². The molecule has 0 heterocycles. The van der Waals surface area contributed by atoms with Crippen LogP contribution in [0.3, 0.4) is 0 Å². The predicted octanol–water partition coefficient (Wildman–Crippen LogP) is -24.0. The van der Waals surface area contributed by atoms with E-state index in [1.165, 1.54) is 0 Å². The molecular weight excluding hydrogens is 1940 g/mol. The topological polar surface area (TPSA) is 569 Å². The third-order valence-corrected chi connectivity index (χ3v) is 0. The Kier molecular flexibility index (Phi) is 223. The van der Waals surface area contributed by atoms with Gasteiger partial charge in [-0.25, -0.2) is 0 Å². The average Bonchev–Trinajstić information content (AvgIpc) is 2.39. The van der Waals surface area contributed by atoms with E-state index < -0.39 is 204 Å². The molecule has 0 saturated carbocycles. The molecule has 0 aromatic carbocycles. The quantitative estimate of drug-likeness (QED) is 0.203. The first kappa shape index (κ1) is 99.5. The molecule has 0 aliphatic heterocycles. The smallest absolute Gasteiger partial charge is 2.00 e. The second kappa shape index (κ2) is 94.0. The Labute approximate surface area is 459 Å². The summed E-state index contributed by atoms with van der Waals surface area (Å²) in [4.78, 5) is 0. The van der Waals surface area contributed by atoms with Crippen LogP contribution in [0.15, 0.2) is 0 Å². The van der Waals surface area contributed by atoms with Gasteiger partial charge in [0.2, 0.25) is 0 Å². The van der Waals surface area contributed by atoms with Crippen molar-refractivity contribution in [1.82, 2.24) is 0 Å². The van der Waals surface area contributed by atoms with Crippen LogP contribution in [-0.4, -0.2) is 143 Å². The van der Waals surface area contributed by atoms with Gasteiger partial charge in [-0.3, -0.25) is 0 Å². The Morgan fingerprint density at radius 3 is 0.214 bits per heavy atom. The van der Waals surface area contributed by atoms with E-state index in [0.717, 1.165) is 0 Å². The van der Waals surface area contributed by atoms with Crippen LogP contribution in [-0.2, 0) is 272 Å². The standard InChI is InChI=1S/2Bi.27O.2Sr.2Ti.9Zr/q2*+3;;;;;;;;;;18*-1;2*+2;2*+4;;;;;;;;;. The van der Waals surface area contributed by atoms with Gasteiger partial charge in [-0.1, -0.05) is 0 Å². The molecule has 220 valence electrons. The van der Waals surface area contributed by atoms with E-state index in [1.54, 1.807) is 0 Å². The first-order valence-corrected chi connectivity index (χ1v) is 32.6. The van der Waals surface area contributed by atoms with Crippen LogP contribution in [0.25, 0.3) is 0 Å². The zero-order valence-electron chi connectivity index (χ0n) is 18.8. The van der Waals surface area contributed by atoms with Gasteiger partial charge in [-0.15, -0.1) is 0 Å². The normalized spacial score (nSPS) is 5.57. The summed E-state index contributed by atoms with van der Waals surface area (Å²) < 4.78 is 233. The Morgan fingerprint density at radius 1 is 0.214 bits per heavy atom. The molecule has 27 nitrogen and oxygen atoms in total. The molecule has 0 aliphatic carbocycles. The fraction of sp³-hybridized carbons (Fsp3) is 0. The maximum Gasteiger partial charge on any atom is 4.00 e. The summed E-state index contributed by atoms with van der Waals surface area (Å²) in [5, 5.41) is 0. The largest absolute Gasteiger partial charge is 4.00 e. The van der Waals surface area contributed by atoms with E-state index in [0.29, 0.717) is 0 Å². The van der Waals surface area contributed by atoms with Crippen molar-refractivity contribution >= 4 is 143 Å². The monoisotopic (exact) mass is 1930 g/mol. The van der Waals surface area contributed by atoms with Gasteiger partial charge in [-0.2, -0.15) is 0 Å². The summed E-state index contributed by atoms with van der Waals surface area (Å²) in [7, 11) is 0. The van der Waals surface area contributed by atoms with Gasteiger partial charge in [0.15, 0.2) is 0 Å². The van der Waals surface area contributed by atoms with Gasteiger partial charge >= 0.3 is 473 Å². The second-order valence-corrected chi connectivity index (χ2v) is 13.3. The van der Waals surface area contributed by atoms with Crippen molar-refractivity contribution in [2.24, 2.45) is 0 Å². The number of rotatable bonds is 0. The Bertz CT molecular complexity index is 442. The molecule has 0 amide bonds. The van der Waals surface area contributed by atoms with Gasteiger partial charge in [-0.05, 0) is 0 Å². The number of hydrogen-bond donors (Lipinski definition) is 0. The molecule has 0 rings (SSSR count).